The highest BCUT2D eigenvalue weighted by Gasteiger charge is 2.00. The molecule has 12 heavy (non-hydrogen) atoms. The average molecular weight is 292 g/mol. The van der Waals surface area contributed by atoms with Crippen molar-refractivity contribution in [3.05, 3.63) is 45.2 Å². The van der Waals surface area contributed by atoms with Crippen LogP contribution in [0.2, 0.25) is 0 Å². The highest BCUT2D eigenvalue weighted by Crippen LogP contribution is 2.30. The van der Waals surface area contributed by atoms with Crippen LogP contribution in [0.25, 0.3) is 10.8 Å². The number of fused-ring (bicyclic) bond motifs is 1. The predicted octanol–water partition coefficient (Wildman–Crippen LogP) is 4.36. The summed E-state index contributed by atoms with van der Waals surface area (Å²) in [6.07, 6.45) is 0. The van der Waals surface area contributed by atoms with E-state index in [0.29, 0.717) is 5.39 Å². The molecule has 0 spiro atoms. The van der Waals surface area contributed by atoms with Gasteiger partial charge < -0.3 is 0 Å². The van der Waals surface area contributed by atoms with Gasteiger partial charge in [-0.2, -0.15) is 0 Å². The van der Waals surface area contributed by atoms with Crippen LogP contribution in [-0.4, -0.2) is 0 Å². The normalized spacial score (nSPS) is 17.5. The largest absolute Gasteiger partial charge is 0.0635 e. The second-order valence-electron chi connectivity index (χ2n) is 2.13. The van der Waals surface area contributed by atoms with Crippen molar-refractivity contribution in [3.8, 4) is 0 Å². The lowest BCUT2D eigenvalue weighted by molar-refractivity contribution is 1.68. The third-order valence-corrected chi connectivity index (χ3v) is 2.60. The second kappa shape index (κ2) is 3.19. The summed E-state index contributed by atoms with van der Waals surface area (Å²) in [6, 6.07) is -1.46. The molecule has 2 rings (SSSR count). The fraction of sp³-hybridized carbons (Fsp3) is 0. The Labute approximate surface area is 96.3 Å². The first-order valence-electron chi connectivity index (χ1n) is 6.13. The molecule has 2 aromatic carbocycles. The summed E-state index contributed by atoms with van der Waals surface area (Å²) in [5.74, 6) is 0. The number of hydrogen-bond acceptors (Lipinski definition) is 0. The fourth-order valence-electron chi connectivity index (χ4n) is 0.894. The minimum atomic E-state index is -0.299. The van der Waals surface area contributed by atoms with Gasteiger partial charge in [-0.05, 0) is 17.5 Å². The Morgan fingerprint density at radius 3 is 1.92 bits per heavy atom. The predicted molar refractivity (Wildman–Crippen MR) is 59.3 cm³/mol. The van der Waals surface area contributed by atoms with E-state index in [1.54, 1.807) is 0 Å². The van der Waals surface area contributed by atoms with Crippen molar-refractivity contribution < 1.29 is 8.22 Å². The molecule has 0 nitrogen and oxygen atoms in total. The topological polar surface area (TPSA) is 0 Å². The van der Waals surface area contributed by atoms with Gasteiger partial charge in [0.25, 0.3) is 0 Å². The quantitative estimate of drug-likeness (QED) is 0.676. The number of hydrogen-bond donors (Lipinski definition) is 0. The number of halogens is 2. The standard InChI is InChI=1S/C10H6Br2/c11-8-5-1-3-7-4-2-6-9(12)10(7)8/h1-6H/i1D,2D,3D,4D,5D,6D. The molecule has 2 aromatic rings. The van der Waals surface area contributed by atoms with E-state index in [-0.39, 0.29) is 50.6 Å². The fourth-order valence-corrected chi connectivity index (χ4v) is 2.15. The molecular weight excluding hydrogens is 280 g/mol. The van der Waals surface area contributed by atoms with Crippen molar-refractivity contribution >= 4 is 42.6 Å². The molecule has 0 radical (unpaired) electrons. The van der Waals surface area contributed by atoms with Crippen molar-refractivity contribution in [2.75, 3.05) is 0 Å². The zero-order chi connectivity index (χ0) is 13.8. The zero-order valence-corrected chi connectivity index (χ0v) is 8.93. The maximum Gasteiger partial charge on any atom is 0.0635 e. The summed E-state index contributed by atoms with van der Waals surface area (Å²) in [7, 11) is 0. The van der Waals surface area contributed by atoms with Crippen LogP contribution >= 0.6 is 31.9 Å². The van der Waals surface area contributed by atoms with E-state index >= 15 is 0 Å². The third kappa shape index (κ3) is 1.29. The van der Waals surface area contributed by atoms with E-state index < -0.39 is 0 Å². The molecule has 60 valence electrons. The second-order valence-corrected chi connectivity index (χ2v) is 3.71. The molecule has 0 saturated heterocycles. The number of benzene rings is 2. The lowest BCUT2D eigenvalue weighted by Gasteiger charge is -2.01. The summed E-state index contributed by atoms with van der Waals surface area (Å²) >= 11 is 6.32. The molecule has 2 heteroatoms. The van der Waals surface area contributed by atoms with Crippen molar-refractivity contribution in [2.24, 2.45) is 0 Å². The van der Waals surface area contributed by atoms with Crippen LogP contribution in [0.4, 0.5) is 0 Å². The summed E-state index contributed by atoms with van der Waals surface area (Å²) in [4.78, 5) is 0. The molecule has 0 bridgehead atoms. The maximum atomic E-state index is 7.82. The Morgan fingerprint density at radius 2 is 1.42 bits per heavy atom. The molecule has 0 N–H and O–H groups in total. The maximum absolute atomic E-state index is 7.82. The minimum absolute atomic E-state index is 0.107. The van der Waals surface area contributed by atoms with Gasteiger partial charge in [0.05, 0.1) is 8.22 Å². The van der Waals surface area contributed by atoms with Crippen LogP contribution in [0.15, 0.2) is 45.2 Å². The number of rotatable bonds is 0. The summed E-state index contributed by atoms with van der Waals surface area (Å²) in [6.45, 7) is 0. The monoisotopic (exact) mass is 290 g/mol. The smallest absolute Gasteiger partial charge is 0.0605 e. The summed E-state index contributed by atoms with van der Waals surface area (Å²) in [5, 5.41) is 0.433. The molecular formula is C10H6Br2. The SMILES string of the molecule is [2H]c1c([2H])c(Br)c2c(Br)c([2H])c([2H])c([2H])c2c1[2H]. The van der Waals surface area contributed by atoms with E-state index in [1.165, 1.54) is 0 Å². The van der Waals surface area contributed by atoms with Crippen molar-refractivity contribution in [3.63, 3.8) is 0 Å². The van der Waals surface area contributed by atoms with Gasteiger partial charge in [-0.25, -0.2) is 0 Å². The van der Waals surface area contributed by atoms with E-state index in [0.717, 1.165) is 0 Å². The van der Waals surface area contributed by atoms with Gasteiger partial charge in [0, 0.05) is 14.3 Å². The van der Waals surface area contributed by atoms with Gasteiger partial charge in [0.2, 0.25) is 0 Å². The van der Waals surface area contributed by atoms with Gasteiger partial charge in [0.1, 0.15) is 0 Å². The molecule has 0 saturated carbocycles. The Morgan fingerprint density at radius 1 is 0.917 bits per heavy atom. The van der Waals surface area contributed by atoms with Crippen molar-refractivity contribution in [1.29, 1.82) is 0 Å². The van der Waals surface area contributed by atoms with Crippen LogP contribution in [0.1, 0.15) is 8.22 Å². The molecule has 0 fully saturated rings. The van der Waals surface area contributed by atoms with Crippen molar-refractivity contribution in [1.82, 2.24) is 0 Å². The van der Waals surface area contributed by atoms with Crippen molar-refractivity contribution in [2.45, 2.75) is 0 Å². The first kappa shape index (κ1) is 3.81. The molecule has 0 aliphatic heterocycles. The highest BCUT2D eigenvalue weighted by molar-refractivity contribution is 9.11. The molecule has 0 atom stereocenters. The van der Waals surface area contributed by atoms with E-state index in [2.05, 4.69) is 31.9 Å². The zero-order valence-electron chi connectivity index (χ0n) is 11.8. The van der Waals surface area contributed by atoms with Gasteiger partial charge >= 0.3 is 0 Å². The molecule has 0 unspecified atom stereocenters. The molecule has 0 aliphatic rings. The first-order chi connectivity index (χ1) is 8.29. The van der Waals surface area contributed by atoms with Crippen LogP contribution < -0.4 is 0 Å². The first-order valence-corrected chi connectivity index (χ1v) is 4.71. The Kier molecular flexibility index (Phi) is 1.01. The van der Waals surface area contributed by atoms with Crippen LogP contribution in [0, 0.1) is 0 Å². The summed E-state index contributed by atoms with van der Waals surface area (Å²) < 4.78 is 46.9. The van der Waals surface area contributed by atoms with Gasteiger partial charge in [-0.15, -0.1) is 0 Å². The Balaban J connectivity index is 3.22. The van der Waals surface area contributed by atoms with Crippen LogP contribution in [-0.2, 0) is 0 Å². The molecule has 0 amide bonds. The van der Waals surface area contributed by atoms with Gasteiger partial charge in [0.15, 0.2) is 0 Å². The van der Waals surface area contributed by atoms with Gasteiger partial charge in [-0.1, -0.05) is 56.0 Å². The molecule has 0 aromatic heterocycles. The Bertz CT molecular complexity index is 569. The minimum Gasteiger partial charge on any atom is -0.0605 e. The lowest BCUT2D eigenvalue weighted by Crippen LogP contribution is -1.74. The molecule has 0 heterocycles. The lowest BCUT2D eigenvalue weighted by atomic mass is 10.1. The molecule has 0 aliphatic carbocycles. The van der Waals surface area contributed by atoms with E-state index in [1.807, 2.05) is 0 Å². The van der Waals surface area contributed by atoms with Crippen LogP contribution in [0.3, 0.4) is 0 Å². The average Bonchev–Trinajstić information content (AvgIpc) is 2.35. The van der Waals surface area contributed by atoms with Crippen LogP contribution in [0.5, 0.6) is 0 Å². The third-order valence-electron chi connectivity index (χ3n) is 1.41. The summed E-state index contributed by atoms with van der Waals surface area (Å²) in [5.41, 5.74) is 0. The van der Waals surface area contributed by atoms with E-state index in [9.17, 15) is 0 Å². The van der Waals surface area contributed by atoms with E-state index in [4.69, 9.17) is 8.22 Å². The highest BCUT2D eigenvalue weighted by atomic mass is 79.9. The Hall–Kier alpha value is -0.340. The van der Waals surface area contributed by atoms with Gasteiger partial charge in [-0.3, -0.25) is 0 Å².